The Morgan fingerprint density at radius 3 is 2.54 bits per heavy atom. The molecule has 0 N–H and O–H groups in total. The average molecular weight is 217 g/mol. The minimum absolute atomic E-state index is 0.131. The first-order valence-corrected chi connectivity index (χ1v) is 3.85. The second-order valence-corrected chi connectivity index (χ2v) is 3.00. The summed E-state index contributed by atoms with van der Waals surface area (Å²) in [5.74, 6) is 0. The molecule has 0 aromatic heterocycles. The molecule has 66 valence electrons. The summed E-state index contributed by atoms with van der Waals surface area (Å²) < 4.78 is 0. The van der Waals surface area contributed by atoms with Gasteiger partial charge in [-0.05, 0) is 12.1 Å². The third-order valence-electron chi connectivity index (χ3n) is 1.33. The van der Waals surface area contributed by atoms with E-state index < -0.39 is 10.6 Å². The van der Waals surface area contributed by atoms with Crippen LogP contribution in [0.5, 0.6) is 0 Å². The van der Waals surface area contributed by atoms with E-state index in [4.69, 9.17) is 28.5 Å². The first-order chi connectivity index (χ1) is 6.06. The maximum atomic E-state index is 10.4. The highest BCUT2D eigenvalue weighted by atomic mass is 35.5. The number of nitrogens with zero attached hydrogens (tertiary/aromatic N) is 2. The van der Waals surface area contributed by atoms with Gasteiger partial charge in [-0.15, -0.1) is 0 Å². The number of rotatable bonds is 1. The molecule has 13 heavy (non-hydrogen) atoms. The lowest BCUT2D eigenvalue weighted by atomic mass is 10.2. The second kappa shape index (κ2) is 3.60. The molecule has 0 saturated carbocycles. The van der Waals surface area contributed by atoms with Crippen molar-refractivity contribution in [1.82, 2.24) is 0 Å². The van der Waals surface area contributed by atoms with Gasteiger partial charge < -0.3 is 0 Å². The molecule has 6 heteroatoms. The minimum atomic E-state index is -0.711. The molecule has 0 aliphatic heterocycles. The van der Waals surface area contributed by atoms with E-state index in [1.165, 1.54) is 12.1 Å². The zero-order chi connectivity index (χ0) is 10.0. The highest BCUT2D eigenvalue weighted by Crippen LogP contribution is 2.31. The fraction of sp³-hybridized carbons (Fsp3) is 0. The fourth-order valence-corrected chi connectivity index (χ4v) is 1.40. The van der Waals surface area contributed by atoms with Crippen molar-refractivity contribution in [3.63, 3.8) is 0 Å². The highest BCUT2D eigenvalue weighted by Gasteiger charge is 2.19. The highest BCUT2D eigenvalue weighted by molar-refractivity contribution is 6.36. The number of benzene rings is 1. The van der Waals surface area contributed by atoms with Crippen LogP contribution in [0.3, 0.4) is 0 Å². The maximum Gasteiger partial charge on any atom is 0.305 e. The lowest BCUT2D eigenvalue weighted by Crippen LogP contribution is -1.93. The van der Waals surface area contributed by atoms with E-state index in [0.29, 0.717) is 0 Å². The number of hydrogen-bond donors (Lipinski definition) is 0. The lowest BCUT2D eigenvalue weighted by Gasteiger charge is -1.97. The quantitative estimate of drug-likeness (QED) is 0.536. The van der Waals surface area contributed by atoms with Gasteiger partial charge in [-0.25, -0.2) is 0 Å². The molecule has 0 fully saturated rings. The molecule has 0 heterocycles. The molecule has 0 atom stereocenters. The molecule has 0 unspecified atom stereocenters. The van der Waals surface area contributed by atoms with E-state index in [0.717, 1.165) is 0 Å². The van der Waals surface area contributed by atoms with Crippen LogP contribution in [0.1, 0.15) is 5.56 Å². The van der Waals surface area contributed by atoms with Gasteiger partial charge in [0.1, 0.15) is 16.7 Å². The summed E-state index contributed by atoms with van der Waals surface area (Å²) in [6, 6.07) is 4.07. The van der Waals surface area contributed by atoms with Gasteiger partial charge in [0.15, 0.2) is 0 Å². The zero-order valence-electron chi connectivity index (χ0n) is 6.12. The van der Waals surface area contributed by atoms with Gasteiger partial charge >= 0.3 is 5.69 Å². The standard InChI is InChI=1S/C7H2Cl2N2O2/c8-5-1-4(3-10)7(11(12)13)6(9)2-5/h1-2H. The molecular weight excluding hydrogens is 215 g/mol. The van der Waals surface area contributed by atoms with E-state index in [2.05, 4.69) is 0 Å². The third kappa shape index (κ3) is 1.89. The topological polar surface area (TPSA) is 66.9 Å². The summed E-state index contributed by atoms with van der Waals surface area (Å²) in [5, 5.41) is 19.1. The van der Waals surface area contributed by atoms with E-state index in [-0.39, 0.29) is 15.6 Å². The van der Waals surface area contributed by atoms with Crippen molar-refractivity contribution in [3.05, 3.63) is 37.9 Å². The largest absolute Gasteiger partial charge is 0.305 e. The Bertz CT molecular complexity index is 412. The van der Waals surface area contributed by atoms with Crippen molar-refractivity contribution in [2.24, 2.45) is 0 Å². The summed E-state index contributed by atoms with van der Waals surface area (Å²) in [6.07, 6.45) is 0. The number of halogens is 2. The Morgan fingerprint density at radius 1 is 1.46 bits per heavy atom. The van der Waals surface area contributed by atoms with Crippen molar-refractivity contribution in [2.45, 2.75) is 0 Å². The average Bonchev–Trinajstić information content (AvgIpc) is 2.01. The van der Waals surface area contributed by atoms with Crippen molar-refractivity contribution in [2.75, 3.05) is 0 Å². The summed E-state index contributed by atoms with van der Waals surface area (Å²) in [7, 11) is 0. The minimum Gasteiger partial charge on any atom is -0.258 e. The van der Waals surface area contributed by atoms with Crippen molar-refractivity contribution >= 4 is 28.9 Å². The van der Waals surface area contributed by atoms with Gasteiger partial charge in [-0.2, -0.15) is 5.26 Å². The van der Waals surface area contributed by atoms with Crippen LogP contribution in [-0.2, 0) is 0 Å². The maximum absolute atomic E-state index is 10.4. The first kappa shape index (κ1) is 9.78. The van der Waals surface area contributed by atoms with E-state index in [1.54, 1.807) is 6.07 Å². The molecule has 0 spiro atoms. The van der Waals surface area contributed by atoms with Crippen molar-refractivity contribution in [3.8, 4) is 6.07 Å². The SMILES string of the molecule is N#Cc1cc(Cl)cc(Cl)c1[N+](=O)[O-]. The van der Waals surface area contributed by atoms with Gasteiger partial charge in [0, 0.05) is 5.02 Å². The molecule has 1 aromatic rings. The van der Waals surface area contributed by atoms with Gasteiger partial charge in [0.2, 0.25) is 0 Å². The van der Waals surface area contributed by atoms with Crippen LogP contribution in [0, 0.1) is 21.4 Å². The Balaban J connectivity index is 3.50. The number of nitro benzene ring substituents is 1. The Morgan fingerprint density at radius 2 is 2.08 bits per heavy atom. The van der Waals surface area contributed by atoms with Crippen LogP contribution >= 0.6 is 23.2 Å². The third-order valence-corrected chi connectivity index (χ3v) is 1.84. The lowest BCUT2D eigenvalue weighted by molar-refractivity contribution is -0.385. The predicted octanol–water partition coefficient (Wildman–Crippen LogP) is 2.77. The summed E-state index contributed by atoms with van der Waals surface area (Å²) in [6.45, 7) is 0. The zero-order valence-corrected chi connectivity index (χ0v) is 7.63. The van der Waals surface area contributed by atoms with Gasteiger partial charge in [0.25, 0.3) is 0 Å². The smallest absolute Gasteiger partial charge is 0.258 e. The molecule has 0 bridgehead atoms. The second-order valence-electron chi connectivity index (χ2n) is 2.15. The van der Waals surface area contributed by atoms with Gasteiger partial charge in [-0.3, -0.25) is 10.1 Å². The van der Waals surface area contributed by atoms with Crippen LogP contribution in [0.4, 0.5) is 5.69 Å². The Labute approximate surface area is 83.4 Å². The molecule has 1 aromatic carbocycles. The van der Waals surface area contributed by atoms with Crippen LogP contribution < -0.4 is 0 Å². The normalized spacial score (nSPS) is 9.31. The molecule has 4 nitrogen and oxygen atoms in total. The van der Waals surface area contributed by atoms with Crippen molar-refractivity contribution < 1.29 is 4.92 Å². The summed E-state index contributed by atoms with van der Waals surface area (Å²) >= 11 is 11.1. The number of hydrogen-bond acceptors (Lipinski definition) is 3. The Kier molecular flexibility index (Phi) is 2.71. The van der Waals surface area contributed by atoms with Crippen LogP contribution in [0.15, 0.2) is 12.1 Å². The number of nitro groups is 1. The molecule has 1 rings (SSSR count). The number of nitriles is 1. The molecule has 0 radical (unpaired) electrons. The Hall–Kier alpha value is -1.31. The van der Waals surface area contributed by atoms with Crippen molar-refractivity contribution in [1.29, 1.82) is 5.26 Å². The molecular formula is C7H2Cl2N2O2. The van der Waals surface area contributed by atoms with Gasteiger partial charge in [0.05, 0.1) is 4.92 Å². The van der Waals surface area contributed by atoms with E-state index in [9.17, 15) is 10.1 Å². The van der Waals surface area contributed by atoms with Crippen LogP contribution in [0.2, 0.25) is 10.0 Å². The predicted molar refractivity (Wildman–Crippen MR) is 47.8 cm³/mol. The monoisotopic (exact) mass is 216 g/mol. The fourth-order valence-electron chi connectivity index (χ4n) is 0.837. The molecule has 0 saturated heterocycles. The first-order valence-electron chi connectivity index (χ1n) is 3.10. The molecule has 0 aliphatic carbocycles. The van der Waals surface area contributed by atoms with E-state index in [1.807, 2.05) is 0 Å². The molecule has 0 aliphatic rings. The van der Waals surface area contributed by atoms with Crippen LogP contribution in [-0.4, -0.2) is 4.92 Å². The van der Waals surface area contributed by atoms with E-state index >= 15 is 0 Å². The van der Waals surface area contributed by atoms with Gasteiger partial charge in [-0.1, -0.05) is 23.2 Å². The van der Waals surface area contributed by atoms with Crippen LogP contribution in [0.25, 0.3) is 0 Å². The summed E-state index contributed by atoms with van der Waals surface area (Å²) in [5.41, 5.74) is -0.545. The molecule has 0 amide bonds. The summed E-state index contributed by atoms with van der Waals surface area (Å²) in [4.78, 5) is 9.73.